The number of para-hydroxylation sites is 1. The fraction of sp³-hybridized carbons (Fsp3) is 0.577. The number of nitrogens with zero attached hydrogens (tertiary/aromatic N) is 1. The van der Waals surface area contributed by atoms with Crippen LogP contribution in [0.15, 0.2) is 36.4 Å². The van der Waals surface area contributed by atoms with E-state index >= 15 is 0 Å². The Morgan fingerprint density at radius 3 is 1.96 bits per heavy atom. The van der Waals surface area contributed by atoms with Gasteiger partial charge in [-0.15, -0.1) is 6.42 Å². The fourth-order valence-electron chi connectivity index (χ4n) is 3.74. The van der Waals surface area contributed by atoms with Crippen LogP contribution in [0.2, 0.25) is 0 Å². The number of aryl methyl sites for hydroxylation is 1. The van der Waals surface area contributed by atoms with Crippen LogP contribution in [0.3, 0.4) is 0 Å². The third-order valence-electron chi connectivity index (χ3n) is 5.51. The second-order valence-corrected chi connectivity index (χ2v) is 7.96. The minimum Gasteiger partial charge on any atom is -0.380 e. The summed E-state index contributed by atoms with van der Waals surface area (Å²) < 4.78 is 0. The van der Waals surface area contributed by atoms with Crippen LogP contribution in [-0.4, -0.2) is 16.2 Å². The van der Waals surface area contributed by atoms with Crippen molar-refractivity contribution in [3.8, 4) is 12.3 Å². The van der Waals surface area contributed by atoms with Crippen LogP contribution < -0.4 is 0 Å². The van der Waals surface area contributed by atoms with E-state index in [0.29, 0.717) is 0 Å². The van der Waals surface area contributed by atoms with Crippen LogP contribution in [-0.2, 0) is 6.42 Å². The largest absolute Gasteiger partial charge is 0.380 e. The van der Waals surface area contributed by atoms with Gasteiger partial charge in [0, 0.05) is 11.1 Å². The van der Waals surface area contributed by atoms with E-state index in [1.807, 2.05) is 0 Å². The standard InChI is InChI=1S/C26H37NO/c1-2-25(28)19-14-12-10-8-6-4-3-5-7-9-11-13-18-24-22-21-23-17-15-16-20-26(23)27-24/h1,15-17,20-22,25,28H,3-14,18-19H2. The molecule has 1 aromatic heterocycles. The van der Waals surface area contributed by atoms with Crippen LogP contribution in [0.1, 0.15) is 89.2 Å². The second-order valence-electron chi connectivity index (χ2n) is 7.96. The molecule has 28 heavy (non-hydrogen) atoms. The molecule has 1 N–H and O–H groups in total. The Balaban J connectivity index is 1.37. The van der Waals surface area contributed by atoms with Crippen molar-refractivity contribution in [2.24, 2.45) is 0 Å². The molecule has 1 aromatic carbocycles. The van der Waals surface area contributed by atoms with E-state index in [-0.39, 0.29) is 0 Å². The van der Waals surface area contributed by atoms with E-state index in [0.717, 1.165) is 24.8 Å². The highest BCUT2D eigenvalue weighted by Crippen LogP contribution is 2.15. The molecule has 0 amide bonds. The number of fused-ring (bicyclic) bond motifs is 1. The molecule has 1 atom stereocenters. The fourth-order valence-corrected chi connectivity index (χ4v) is 3.74. The molecule has 0 saturated heterocycles. The van der Waals surface area contributed by atoms with Gasteiger partial charge in [0.05, 0.1) is 5.52 Å². The Bertz CT molecular complexity index is 703. The predicted molar refractivity (Wildman–Crippen MR) is 120 cm³/mol. The summed E-state index contributed by atoms with van der Waals surface area (Å²) in [6.07, 6.45) is 22.1. The van der Waals surface area contributed by atoms with Crippen molar-refractivity contribution < 1.29 is 5.11 Å². The molecule has 2 nitrogen and oxygen atoms in total. The number of aromatic nitrogens is 1. The molecule has 0 aliphatic heterocycles. The van der Waals surface area contributed by atoms with Crippen molar-refractivity contribution in [2.75, 3.05) is 0 Å². The van der Waals surface area contributed by atoms with E-state index in [9.17, 15) is 5.11 Å². The van der Waals surface area contributed by atoms with Crippen molar-refractivity contribution in [3.05, 3.63) is 42.1 Å². The molecular formula is C26H37NO. The molecule has 1 heterocycles. The van der Waals surface area contributed by atoms with Gasteiger partial charge in [0.1, 0.15) is 6.10 Å². The predicted octanol–water partition coefficient (Wildman–Crippen LogP) is 6.84. The maximum atomic E-state index is 9.29. The van der Waals surface area contributed by atoms with Gasteiger partial charge < -0.3 is 5.11 Å². The normalized spacial score (nSPS) is 12.1. The van der Waals surface area contributed by atoms with E-state index in [1.165, 1.54) is 81.7 Å². The summed E-state index contributed by atoms with van der Waals surface area (Å²) in [5.41, 5.74) is 2.35. The van der Waals surface area contributed by atoms with Gasteiger partial charge in [-0.25, -0.2) is 0 Å². The van der Waals surface area contributed by atoms with Gasteiger partial charge in [0.25, 0.3) is 0 Å². The molecule has 2 heteroatoms. The summed E-state index contributed by atoms with van der Waals surface area (Å²) in [6.45, 7) is 0. The first kappa shape index (κ1) is 22.4. The van der Waals surface area contributed by atoms with Crippen LogP contribution in [0.4, 0.5) is 0 Å². The summed E-state index contributed by atoms with van der Waals surface area (Å²) >= 11 is 0. The highest BCUT2D eigenvalue weighted by Gasteiger charge is 2.00. The number of terminal acetylenes is 1. The summed E-state index contributed by atoms with van der Waals surface area (Å²) in [5, 5.41) is 10.5. The van der Waals surface area contributed by atoms with Gasteiger partial charge in [-0.2, -0.15) is 0 Å². The lowest BCUT2D eigenvalue weighted by molar-refractivity contribution is 0.217. The summed E-state index contributed by atoms with van der Waals surface area (Å²) in [6, 6.07) is 12.7. The Labute approximate surface area is 171 Å². The van der Waals surface area contributed by atoms with Crippen molar-refractivity contribution in [2.45, 2.75) is 96.0 Å². The van der Waals surface area contributed by atoms with E-state index in [2.05, 4.69) is 42.3 Å². The zero-order valence-corrected chi connectivity index (χ0v) is 17.4. The van der Waals surface area contributed by atoms with Gasteiger partial charge in [0.15, 0.2) is 0 Å². The molecule has 0 spiro atoms. The van der Waals surface area contributed by atoms with E-state index in [1.54, 1.807) is 0 Å². The Morgan fingerprint density at radius 2 is 1.32 bits per heavy atom. The van der Waals surface area contributed by atoms with Gasteiger partial charge >= 0.3 is 0 Å². The minimum atomic E-state index is -0.538. The van der Waals surface area contributed by atoms with Crippen LogP contribution in [0, 0.1) is 12.3 Å². The Morgan fingerprint density at radius 1 is 0.750 bits per heavy atom. The molecule has 152 valence electrons. The number of rotatable bonds is 15. The average molecular weight is 380 g/mol. The van der Waals surface area contributed by atoms with Crippen LogP contribution >= 0.6 is 0 Å². The lowest BCUT2D eigenvalue weighted by atomic mass is 10.0. The Kier molecular flexibility index (Phi) is 11.4. The van der Waals surface area contributed by atoms with Gasteiger partial charge in [0.2, 0.25) is 0 Å². The second kappa shape index (κ2) is 14.2. The van der Waals surface area contributed by atoms with Crippen molar-refractivity contribution in [1.82, 2.24) is 4.98 Å². The first-order valence-electron chi connectivity index (χ1n) is 11.3. The summed E-state index contributed by atoms with van der Waals surface area (Å²) in [5.74, 6) is 2.38. The Hall–Kier alpha value is -1.85. The van der Waals surface area contributed by atoms with E-state index < -0.39 is 6.10 Å². The zero-order chi connectivity index (χ0) is 19.9. The highest BCUT2D eigenvalue weighted by atomic mass is 16.3. The summed E-state index contributed by atoms with van der Waals surface area (Å²) in [7, 11) is 0. The number of hydrogen-bond acceptors (Lipinski definition) is 2. The van der Waals surface area contributed by atoms with Crippen LogP contribution in [0.25, 0.3) is 10.9 Å². The van der Waals surface area contributed by atoms with Crippen molar-refractivity contribution >= 4 is 10.9 Å². The van der Waals surface area contributed by atoms with Gasteiger partial charge in [-0.05, 0) is 37.8 Å². The SMILES string of the molecule is C#CC(O)CCCCCCCCCCCCCCc1ccc2ccccc2n1. The quantitative estimate of drug-likeness (QED) is 0.271. The first-order valence-corrected chi connectivity index (χ1v) is 11.3. The maximum absolute atomic E-state index is 9.29. The number of pyridine rings is 1. The van der Waals surface area contributed by atoms with Crippen LogP contribution in [0.5, 0.6) is 0 Å². The average Bonchev–Trinajstić information content (AvgIpc) is 2.73. The molecule has 0 aliphatic carbocycles. The minimum absolute atomic E-state index is 0.538. The molecule has 1 unspecified atom stereocenters. The summed E-state index contributed by atoms with van der Waals surface area (Å²) in [4.78, 5) is 4.76. The number of benzene rings is 1. The third-order valence-corrected chi connectivity index (χ3v) is 5.51. The number of hydrogen-bond donors (Lipinski definition) is 1. The molecular weight excluding hydrogens is 342 g/mol. The molecule has 2 aromatic rings. The lowest BCUT2D eigenvalue weighted by Crippen LogP contribution is -2.01. The smallest absolute Gasteiger partial charge is 0.114 e. The van der Waals surface area contributed by atoms with E-state index in [4.69, 9.17) is 11.4 Å². The number of unbranched alkanes of at least 4 members (excludes halogenated alkanes) is 11. The monoisotopic (exact) mass is 379 g/mol. The van der Waals surface area contributed by atoms with Crippen molar-refractivity contribution in [1.29, 1.82) is 0 Å². The van der Waals surface area contributed by atoms with Gasteiger partial charge in [-0.3, -0.25) is 4.98 Å². The molecule has 0 radical (unpaired) electrons. The topological polar surface area (TPSA) is 33.1 Å². The molecule has 0 aliphatic rings. The molecule has 0 bridgehead atoms. The third kappa shape index (κ3) is 9.38. The number of aliphatic hydroxyl groups is 1. The zero-order valence-electron chi connectivity index (χ0n) is 17.4. The number of aliphatic hydroxyl groups excluding tert-OH is 1. The van der Waals surface area contributed by atoms with Gasteiger partial charge in [-0.1, -0.05) is 94.4 Å². The highest BCUT2D eigenvalue weighted by molar-refractivity contribution is 5.78. The first-order chi connectivity index (χ1) is 13.8. The molecule has 0 fully saturated rings. The van der Waals surface area contributed by atoms with Crippen molar-refractivity contribution in [3.63, 3.8) is 0 Å². The molecule has 2 rings (SSSR count). The maximum Gasteiger partial charge on any atom is 0.114 e. The lowest BCUT2D eigenvalue weighted by Gasteiger charge is -2.05. The molecule has 0 saturated carbocycles.